The molecule has 1 aliphatic rings. The molecule has 1 fully saturated rings. The average Bonchev–Trinajstić information content (AvgIpc) is 3.48. The molecule has 4 aromatic heterocycles. The number of thiophene rings is 1. The summed E-state index contributed by atoms with van der Waals surface area (Å²) in [5, 5.41) is 4.23. The monoisotopic (exact) mass is 434 g/mol. The molecule has 1 atom stereocenters. The minimum atomic E-state index is 0.219. The van der Waals surface area contributed by atoms with E-state index in [0.717, 1.165) is 54.9 Å². The summed E-state index contributed by atoms with van der Waals surface area (Å²) in [6, 6.07) is 4.06. The molecule has 1 unspecified atom stereocenters. The average molecular weight is 435 g/mol. The highest BCUT2D eigenvalue weighted by Crippen LogP contribution is 2.26. The van der Waals surface area contributed by atoms with Gasteiger partial charge >= 0.3 is 0 Å². The molecule has 1 aliphatic heterocycles. The second kappa shape index (κ2) is 8.70. The number of imidazole rings is 1. The summed E-state index contributed by atoms with van der Waals surface area (Å²) >= 11 is 1.69. The number of likely N-dealkylation sites (N-methyl/N-ethyl adjacent to an activating group) is 1. The molecule has 0 bridgehead atoms. The van der Waals surface area contributed by atoms with Crippen LogP contribution in [0.15, 0.2) is 47.7 Å². The second-order valence-corrected chi connectivity index (χ2v) is 8.71. The van der Waals surface area contributed by atoms with Crippen molar-refractivity contribution >= 4 is 22.8 Å². The number of aromatic nitrogens is 5. The summed E-state index contributed by atoms with van der Waals surface area (Å²) in [6.45, 7) is 4.52. The van der Waals surface area contributed by atoms with Gasteiger partial charge in [0.15, 0.2) is 11.5 Å². The van der Waals surface area contributed by atoms with Gasteiger partial charge in [0.1, 0.15) is 5.82 Å². The van der Waals surface area contributed by atoms with Crippen molar-refractivity contribution in [3.05, 3.63) is 59.1 Å². The summed E-state index contributed by atoms with van der Waals surface area (Å²) in [5.41, 5.74) is 9.94. The zero-order chi connectivity index (χ0) is 21.2. The van der Waals surface area contributed by atoms with Crippen molar-refractivity contribution in [2.75, 3.05) is 44.7 Å². The van der Waals surface area contributed by atoms with E-state index in [2.05, 4.69) is 48.0 Å². The number of piperazine rings is 1. The van der Waals surface area contributed by atoms with Gasteiger partial charge in [0.05, 0.1) is 17.6 Å². The first-order chi connectivity index (χ1) is 15.2. The van der Waals surface area contributed by atoms with Crippen LogP contribution in [0, 0.1) is 0 Å². The van der Waals surface area contributed by atoms with Gasteiger partial charge < -0.3 is 15.5 Å². The molecule has 8 nitrogen and oxygen atoms in total. The molecule has 31 heavy (non-hydrogen) atoms. The van der Waals surface area contributed by atoms with Gasteiger partial charge in [-0.25, -0.2) is 19.9 Å². The first kappa shape index (κ1) is 20.0. The molecule has 2 N–H and O–H groups in total. The largest absolute Gasteiger partial charge is 0.351 e. The van der Waals surface area contributed by atoms with Crippen LogP contribution in [0.3, 0.4) is 0 Å². The second-order valence-electron chi connectivity index (χ2n) is 7.93. The van der Waals surface area contributed by atoms with Crippen molar-refractivity contribution < 1.29 is 0 Å². The van der Waals surface area contributed by atoms with E-state index in [4.69, 9.17) is 15.7 Å². The van der Waals surface area contributed by atoms with Crippen molar-refractivity contribution in [3.8, 4) is 11.4 Å². The molecule has 0 radical (unpaired) electrons. The fourth-order valence-electron chi connectivity index (χ4n) is 4.04. The smallest absolute Gasteiger partial charge is 0.180 e. The molecule has 4 aromatic rings. The maximum absolute atomic E-state index is 6.04. The Labute approximate surface area is 185 Å². The molecule has 0 amide bonds. The third-order valence-electron chi connectivity index (χ3n) is 5.91. The molecule has 0 spiro atoms. The van der Waals surface area contributed by atoms with Gasteiger partial charge in [0, 0.05) is 57.1 Å². The van der Waals surface area contributed by atoms with Crippen LogP contribution >= 0.6 is 11.3 Å². The SMILES string of the molecule is CN1CCN(c2nccn3c(-c4ccnc(CC(CN)c5ccsc5)n4)cnc23)CC1. The van der Waals surface area contributed by atoms with Crippen LogP contribution in [-0.4, -0.2) is 69.0 Å². The van der Waals surface area contributed by atoms with E-state index in [-0.39, 0.29) is 5.92 Å². The zero-order valence-corrected chi connectivity index (χ0v) is 18.4. The Morgan fingerprint density at radius 2 is 1.97 bits per heavy atom. The van der Waals surface area contributed by atoms with Crippen molar-refractivity contribution in [2.24, 2.45) is 5.73 Å². The Morgan fingerprint density at radius 3 is 2.74 bits per heavy atom. The van der Waals surface area contributed by atoms with Gasteiger partial charge in [-0.2, -0.15) is 11.3 Å². The minimum absolute atomic E-state index is 0.219. The molecule has 0 saturated carbocycles. The lowest BCUT2D eigenvalue weighted by molar-refractivity contribution is 0.312. The minimum Gasteiger partial charge on any atom is -0.351 e. The van der Waals surface area contributed by atoms with Gasteiger partial charge in [-0.3, -0.25) is 4.40 Å². The normalized spacial score (nSPS) is 16.1. The fraction of sp³-hybridized carbons (Fsp3) is 0.364. The molecule has 160 valence electrons. The number of hydrogen-bond acceptors (Lipinski definition) is 8. The van der Waals surface area contributed by atoms with Gasteiger partial charge in [-0.05, 0) is 42.0 Å². The quantitative estimate of drug-likeness (QED) is 0.498. The van der Waals surface area contributed by atoms with Gasteiger partial charge in [0.2, 0.25) is 0 Å². The standard InChI is InChI=1S/C22H26N8S/c1-28-7-9-29(10-8-28)21-22-26-14-19(30(22)6-5-25-21)18-2-4-24-20(27-18)12-17(13-23)16-3-11-31-15-16/h2-6,11,14-15,17H,7-10,12-13,23H2,1H3. The summed E-state index contributed by atoms with van der Waals surface area (Å²) < 4.78 is 2.08. The summed E-state index contributed by atoms with van der Waals surface area (Å²) in [5.74, 6) is 1.94. The van der Waals surface area contributed by atoms with Crippen molar-refractivity contribution in [1.29, 1.82) is 0 Å². The Kier molecular flexibility index (Phi) is 5.63. The molecule has 0 aromatic carbocycles. The molecular weight excluding hydrogens is 408 g/mol. The van der Waals surface area contributed by atoms with Crippen LogP contribution < -0.4 is 10.6 Å². The number of rotatable bonds is 6. The molecule has 9 heteroatoms. The number of nitrogens with zero attached hydrogens (tertiary/aromatic N) is 7. The highest BCUT2D eigenvalue weighted by atomic mass is 32.1. The van der Waals surface area contributed by atoms with Gasteiger partial charge in [0.25, 0.3) is 0 Å². The summed E-state index contributed by atoms with van der Waals surface area (Å²) in [7, 11) is 2.15. The Balaban J connectivity index is 1.45. The number of hydrogen-bond donors (Lipinski definition) is 1. The third-order valence-corrected chi connectivity index (χ3v) is 6.61. The van der Waals surface area contributed by atoms with E-state index in [1.807, 2.05) is 30.9 Å². The molecule has 1 saturated heterocycles. The number of anilines is 1. The van der Waals surface area contributed by atoms with Crippen molar-refractivity contribution in [2.45, 2.75) is 12.3 Å². The van der Waals surface area contributed by atoms with E-state index >= 15 is 0 Å². The lowest BCUT2D eigenvalue weighted by Gasteiger charge is -2.33. The Morgan fingerprint density at radius 1 is 1.10 bits per heavy atom. The van der Waals surface area contributed by atoms with Crippen LogP contribution in [0.1, 0.15) is 17.3 Å². The van der Waals surface area contributed by atoms with E-state index < -0.39 is 0 Å². The molecular formula is C22H26N8S. The summed E-state index contributed by atoms with van der Waals surface area (Å²) in [6.07, 6.45) is 8.21. The Bertz CT molecular complexity index is 1150. The van der Waals surface area contributed by atoms with Crippen LogP contribution in [0.25, 0.3) is 17.0 Å². The van der Waals surface area contributed by atoms with E-state index in [9.17, 15) is 0 Å². The zero-order valence-electron chi connectivity index (χ0n) is 17.6. The fourth-order valence-corrected chi connectivity index (χ4v) is 4.78. The highest BCUT2D eigenvalue weighted by Gasteiger charge is 2.20. The predicted molar refractivity (Wildman–Crippen MR) is 124 cm³/mol. The van der Waals surface area contributed by atoms with Crippen LogP contribution in [0.2, 0.25) is 0 Å². The number of fused-ring (bicyclic) bond motifs is 1. The van der Waals surface area contributed by atoms with Gasteiger partial charge in [-0.1, -0.05) is 0 Å². The lowest BCUT2D eigenvalue weighted by Crippen LogP contribution is -2.45. The van der Waals surface area contributed by atoms with Gasteiger partial charge in [-0.15, -0.1) is 0 Å². The maximum Gasteiger partial charge on any atom is 0.180 e. The summed E-state index contributed by atoms with van der Waals surface area (Å²) in [4.78, 5) is 23.3. The molecule has 5 rings (SSSR count). The molecule has 5 heterocycles. The van der Waals surface area contributed by atoms with Crippen LogP contribution in [0.5, 0.6) is 0 Å². The van der Waals surface area contributed by atoms with Crippen molar-refractivity contribution in [3.63, 3.8) is 0 Å². The van der Waals surface area contributed by atoms with E-state index in [1.54, 1.807) is 11.3 Å². The topological polar surface area (TPSA) is 88.5 Å². The van der Waals surface area contributed by atoms with Crippen LogP contribution in [-0.2, 0) is 6.42 Å². The van der Waals surface area contributed by atoms with E-state index in [0.29, 0.717) is 13.0 Å². The first-order valence-corrected chi connectivity index (χ1v) is 11.5. The first-order valence-electron chi connectivity index (χ1n) is 10.5. The highest BCUT2D eigenvalue weighted by molar-refractivity contribution is 7.08. The number of nitrogens with two attached hydrogens (primary N) is 1. The third kappa shape index (κ3) is 4.04. The Hall–Kier alpha value is -2.88. The van der Waals surface area contributed by atoms with Crippen LogP contribution in [0.4, 0.5) is 5.82 Å². The lowest BCUT2D eigenvalue weighted by atomic mass is 9.98. The predicted octanol–water partition coefficient (Wildman–Crippen LogP) is 2.28. The van der Waals surface area contributed by atoms with Crippen molar-refractivity contribution in [1.82, 2.24) is 29.2 Å². The maximum atomic E-state index is 6.04. The molecule has 0 aliphatic carbocycles. The van der Waals surface area contributed by atoms with E-state index in [1.165, 1.54) is 5.56 Å².